The molecule has 5 nitrogen and oxygen atoms in total. The smallest absolute Gasteiger partial charge is 0.341 e. The Morgan fingerprint density at radius 2 is 2.07 bits per heavy atom. The highest BCUT2D eigenvalue weighted by molar-refractivity contribution is 7.17. The first kappa shape index (κ1) is 18.9. The summed E-state index contributed by atoms with van der Waals surface area (Å²) < 4.78 is 18.6. The van der Waals surface area contributed by atoms with Crippen molar-refractivity contribution in [3.8, 4) is 0 Å². The molecule has 0 radical (unpaired) electrons. The Morgan fingerprint density at radius 1 is 1.25 bits per heavy atom. The molecule has 1 aliphatic heterocycles. The minimum Gasteiger partial charge on any atom is -0.465 e. The molecule has 0 saturated carbocycles. The van der Waals surface area contributed by atoms with Crippen molar-refractivity contribution in [3.63, 3.8) is 0 Å². The number of anilines is 1. The number of carbonyl (C=O) groups is 2. The molecule has 1 atom stereocenters. The zero-order valence-corrected chi connectivity index (χ0v) is 16.6. The maximum atomic E-state index is 13.6. The number of nitrogens with one attached hydrogen (secondary N) is 1. The molecule has 1 N–H and O–H groups in total. The molecule has 1 saturated heterocycles. The fourth-order valence-electron chi connectivity index (χ4n) is 4.21. The van der Waals surface area contributed by atoms with Crippen molar-refractivity contribution in [1.29, 1.82) is 0 Å². The fraction of sp³-hybridized carbons (Fsp3) is 0.429. The van der Waals surface area contributed by atoms with Gasteiger partial charge in [0.2, 0.25) is 0 Å². The number of carbonyl (C=O) groups excluding carboxylic acids is 2. The number of nitrogens with zero attached hydrogens (tertiary/aromatic N) is 1. The molecule has 1 aromatic heterocycles. The van der Waals surface area contributed by atoms with Crippen LogP contribution in [0.5, 0.6) is 0 Å². The molecule has 0 bridgehead atoms. The standard InChI is InChI=1S/C21H23FN2O3S/c1-27-20(25)18-15-8-2-3-10-17(15)28-19(18)23-21(26)24-11-5-9-16(24)13-6-4-7-14(22)12-13/h4,6-7,12,16H,2-3,5,8-11H2,1H3,(H,23,26)/t16-/m1/s1. The number of hydrogen-bond acceptors (Lipinski definition) is 4. The van der Waals surface area contributed by atoms with E-state index < -0.39 is 5.97 Å². The lowest BCUT2D eigenvalue weighted by molar-refractivity contribution is 0.0601. The Kier molecular flexibility index (Phi) is 5.35. The predicted octanol–water partition coefficient (Wildman–Crippen LogP) is 4.92. The highest BCUT2D eigenvalue weighted by atomic mass is 32.1. The lowest BCUT2D eigenvalue weighted by Gasteiger charge is -2.25. The van der Waals surface area contributed by atoms with Crippen molar-refractivity contribution in [1.82, 2.24) is 4.90 Å². The molecule has 4 rings (SSSR count). The van der Waals surface area contributed by atoms with Gasteiger partial charge in [-0.2, -0.15) is 0 Å². The van der Waals surface area contributed by atoms with Gasteiger partial charge in [0.25, 0.3) is 0 Å². The van der Waals surface area contributed by atoms with Crippen LogP contribution in [0.4, 0.5) is 14.2 Å². The molecule has 2 heterocycles. The molecule has 148 valence electrons. The summed E-state index contributed by atoms with van der Waals surface area (Å²) in [6, 6.07) is 5.99. The largest absolute Gasteiger partial charge is 0.465 e. The Hall–Kier alpha value is -2.41. The van der Waals surface area contributed by atoms with Gasteiger partial charge in [-0.15, -0.1) is 11.3 Å². The lowest BCUT2D eigenvalue weighted by atomic mass is 9.95. The normalized spacial score (nSPS) is 18.6. The molecule has 28 heavy (non-hydrogen) atoms. The molecule has 1 aliphatic carbocycles. The number of fused-ring (bicyclic) bond motifs is 1. The van der Waals surface area contributed by atoms with Gasteiger partial charge >= 0.3 is 12.0 Å². The van der Waals surface area contributed by atoms with Crippen LogP contribution >= 0.6 is 11.3 Å². The van der Waals surface area contributed by atoms with Crippen LogP contribution in [0.3, 0.4) is 0 Å². The van der Waals surface area contributed by atoms with Crippen LogP contribution in [0.1, 0.15) is 58.1 Å². The third kappa shape index (κ3) is 3.51. The second kappa shape index (κ2) is 7.91. The SMILES string of the molecule is COC(=O)c1c(NC(=O)N2CCC[C@@H]2c2cccc(F)c2)sc2c1CCCC2. The maximum Gasteiger partial charge on any atom is 0.341 e. The van der Waals surface area contributed by atoms with Crippen molar-refractivity contribution >= 4 is 28.3 Å². The van der Waals surface area contributed by atoms with E-state index in [4.69, 9.17) is 4.74 Å². The van der Waals surface area contributed by atoms with Crippen molar-refractivity contribution in [2.75, 3.05) is 19.0 Å². The number of methoxy groups -OCH3 is 1. The van der Waals surface area contributed by atoms with E-state index in [1.165, 1.54) is 30.6 Å². The van der Waals surface area contributed by atoms with Crippen LogP contribution in [-0.2, 0) is 17.6 Å². The molecule has 2 aromatic rings. The van der Waals surface area contributed by atoms with Crippen LogP contribution < -0.4 is 5.32 Å². The van der Waals surface area contributed by atoms with Crippen molar-refractivity contribution < 1.29 is 18.7 Å². The summed E-state index contributed by atoms with van der Waals surface area (Å²) in [7, 11) is 1.36. The Balaban J connectivity index is 1.59. The number of benzene rings is 1. The number of ether oxygens (including phenoxy) is 1. The van der Waals surface area contributed by atoms with Gasteiger partial charge in [-0.25, -0.2) is 14.0 Å². The number of esters is 1. The Morgan fingerprint density at radius 3 is 2.86 bits per heavy atom. The maximum absolute atomic E-state index is 13.6. The summed E-state index contributed by atoms with van der Waals surface area (Å²) in [5.74, 6) is -0.707. The van der Waals surface area contributed by atoms with E-state index in [2.05, 4.69) is 5.32 Å². The second-order valence-electron chi connectivity index (χ2n) is 7.24. The van der Waals surface area contributed by atoms with Gasteiger partial charge in [0.15, 0.2) is 0 Å². The number of halogens is 1. The molecular weight excluding hydrogens is 379 g/mol. The second-order valence-corrected chi connectivity index (χ2v) is 8.35. The lowest BCUT2D eigenvalue weighted by Crippen LogP contribution is -2.34. The van der Waals surface area contributed by atoms with Crippen LogP contribution in [0.15, 0.2) is 24.3 Å². The molecule has 2 amide bonds. The summed E-state index contributed by atoms with van der Waals surface area (Å²) in [5, 5.41) is 3.51. The number of aryl methyl sites for hydroxylation is 1. The number of rotatable bonds is 3. The summed E-state index contributed by atoms with van der Waals surface area (Å²) in [6.07, 6.45) is 5.54. The van der Waals surface area contributed by atoms with Crippen LogP contribution in [0.25, 0.3) is 0 Å². The molecule has 0 spiro atoms. The minimum atomic E-state index is -0.405. The van der Waals surface area contributed by atoms with Crippen LogP contribution in [0.2, 0.25) is 0 Å². The highest BCUT2D eigenvalue weighted by Gasteiger charge is 2.32. The van der Waals surface area contributed by atoms with Gasteiger partial charge in [-0.1, -0.05) is 12.1 Å². The van der Waals surface area contributed by atoms with Gasteiger partial charge in [0, 0.05) is 11.4 Å². The average molecular weight is 402 g/mol. The number of likely N-dealkylation sites (tertiary alicyclic amines) is 1. The summed E-state index contributed by atoms with van der Waals surface area (Å²) in [4.78, 5) is 28.3. The number of amides is 2. The third-order valence-electron chi connectivity index (χ3n) is 5.53. The summed E-state index contributed by atoms with van der Waals surface area (Å²) >= 11 is 1.47. The first-order valence-corrected chi connectivity index (χ1v) is 10.5. The monoisotopic (exact) mass is 402 g/mol. The number of thiophene rings is 1. The fourth-order valence-corrected chi connectivity index (χ4v) is 5.48. The quantitative estimate of drug-likeness (QED) is 0.741. The molecule has 1 aromatic carbocycles. The Bertz CT molecular complexity index is 911. The zero-order valence-electron chi connectivity index (χ0n) is 15.8. The molecule has 7 heteroatoms. The molecule has 1 fully saturated rings. The van der Waals surface area contributed by atoms with E-state index in [1.807, 2.05) is 6.07 Å². The van der Waals surface area contributed by atoms with Crippen molar-refractivity contribution in [3.05, 3.63) is 51.7 Å². The van der Waals surface area contributed by atoms with Gasteiger partial charge in [-0.3, -0.25) is 5.32 Å². The van der Waals surface area contributed by atoms with Crippen molar-refractivity contribution in [2.45, 2.75) is 44.6 Å². The van der Waals surface area contributed by atoms with Crippen LogP contribution in [-0.4, -0.2) is 30.6 Å². The first-order chi connectivity index (χ1) is 13.6. The van der Waals surface area contributed by atoms with E-state index in [1.54, 1.807) is 11.0 Å². The van der Waals surface area contributed by atoms with E-state index in [0.717, 1.165) is 54.5 Å². The number of urea groups is 1. The number of hydrogen-bond donors (Lipinski definition) is 1. The van der Waals surface area contributed by atoms with Gasteiger partial charge in [0.05, 0.1) is 18.7 Å². The first-order valence-electron chi connectivity index (χ1n) is 9.64. The van der Waals surface area contributed by atoms with Crippen molar-refractivity contribution in [2.24, 2.45) is 0 Å². The van der Waals surface area contributed by atoms with Crippen LogP contribution in [0, 0.1) is 5.82 Å². The third-order valence-corrected chi connectivity index (χ3v) is 6.74. The molecular formula is C21H23FN2O3S. The Labute approximate surface area is 167 Å². The van der Waals surface area contributed by atoms with Gasteiger partial charge in [-0.05, 0) is 61.8 Å². The minimum absolute atomic E-state index is 0.160. The van der Waals surface area contributed by atoms with E-state index in [-0.39, 0.29) is 17.9 Å². The molecule has 0 unspecified atom stereocenters. The molecule has 2 aliphatic rings. The van der Waals surface area contributed by atoms with E-state index in [0.29, 0.717) is 17.1 Å². The highest BCUT2D eigenvalue weighted by Crippen LogP contribution is 2.39. The zero-order chi connectivity index (χ0) is 19.7. The van der Waals surface area contributed by atoms with Gasteiger partial charge < -0.3 is 9.64 Å². The average Bonchev–Trinajstić information content (AvgIpc) is 3.32. The predicted molar refractivity (Wildman–Crippen MR) is 106 cm³/mol. The summed E-state index contributed by atoms with van der Waals surface area (Å²) in [5.41, 5.74) is 2.31. The van der Waals surface area contributed by atoms with Gasteiger partial charge in [0.1, 0.15) is 10.8 Å². The van der Waals surface area contributed by atoms with E-state index >= 15 is 0 Å². The summed E-state index contributed by atoms with van der Waals surface area (Å²) in [6.45, 7) is 0.603. The van der Waals surface area contributed by atoms with E-state index in [9.17, 15) is 14.0 Å². The topological polar surface area (TPSA) is 58.6 Å².